The number of hydrogen-bond acceptors (Lipinski definition) is 6. The first-order chi connectivity index (χ1) is 9.79. The molecule has 3 aromatic rings. The SMILES string of the molecule is CCCOC(=O)c1nnc2sc(-c3ccccc3)nn12. The molecule has 0 N–H and O–H groups in total. The summed E-state index contributed by atoms with van der Waals surface area (Å²) < 4.78 is 6.50. The summed E-state index contributed by atoms with van der Waals surface area (Å²) in [6, 6.07) is 9.74. The lowest BCUT2D eigenvalue weighted by Gasteiger charge is -1.99. The number of carbonyl (C=O) groups excluding carboxylic acids is 1. The summed E-state index contributed by atoms with van der Waals surface area (Å²) in [6.45, 7) is 2.30. The second-order valence-corrected chi connectivity index (χ2v) is 5.08. The summed E-state index contributed by atoms with van der Waals surface area (Å²) >= 11 is 1.38. The standard InChI is InChI=1S/C13H12N4O2S/c1-2-8-19-12(18)10-14-15-13-17(10)16-11(20-13)9-6-4-3-5-7-9/h3-7H,2,8H2,1H3. The lowest BCUT2D eigenvalue weighted by atomic mass is 10.2. The smallest absolute Gasteiger partial charge is 0.378 e. The van der Waals surface area contributed by atoms with Gasteiger partial charge in [0.15, 0.2) is 0 Å². The van der Waals surface area contributed by atoms with Gasteiger partial charge in [0.05, 0.1) is 6.61 Å². The number of ether oxygens (including phenoxy) is 1. The van der Waals surface area contributed by atoms with Crippen molar-refractivity contribution < 1.29 is 9.53 Å². The van der Waals surface area contributed by atoms with Crippen molar-refractivity contribution in [2.24, 2.45) is 0 Å². The fraction of sp³-hybridized carbons (Fsp3) is 0.231. The Morgan fingerprint density at radius 1 is 1.30 bits per heavy atom. The highest BCUT2D eigenvalue weighted by molar-refractivity contribution is 7.19. The minimum atomic E-state index is -0.496. The molecule has 0 amide bonds. The van der Waals surface area contributed by atoms with Crippen LogP contribution >= 0.6 is 11.3 Å². The van der Waals surface area contributed by atoms with E-state index in [0.29, 0.717) is 11.6 Å². The number of hydrogen-bond donors (Lipinski definition) is 0. The molecule has 0 aliphatic carbocycles. The molecule has 0 spiro atoms. The van der Waals surface area contributed by atoms with Gasteiger partial charge in [-0.1, -0.05) is 48.6 Å². The number of benzene rings is 1. The van der Waals surface area contributed by atoms with Crippen molar-refractivity contribution in [2.75, 3.05) is 6.61 Å². The maximum absolute atomic E-state index is 11.8. The van der Waals surface area contributed by atoms with E-state index in [0.717, 1.165) is 17.0 Å². The van der Waals surface area contributed by atoms with Crippen molar-refractivity contribution in [3.63, 3.8) is 0 Å². The molecule has 0 radical (unpaired) electrons. The average Bonchev–Trinajstić information content (AvgIpc) is 3.05. The Morgan fingerprint density at radius 3 is 2.85 bits per heavy atom. The van der Waals surface area contributed by atoms with E-state index in [-0.39, 0.29) is 5.82 Å². The van der Waals surface area contributed by atoms with Crippen LogP contribution in [-0.4, -0.2) is 32.4 Å². The fourth-order valence-corrected chi connectivity index (χ4v) is 2.55. The Hall–Kier alpha value is -2.28. The zero-order valence-corrected chi connectivity index (χ0v) is 11.6. The quantitative estimate of drug-likeness (QED) is 0.690. The normalized spacial score (nSPS) is 10.8. The molecule has 0 atom stereocenters. The van der Waals surface area contributed by atoms with E-state index in [2.05, 4.69) is 15.3 Å². The molecule has 7 heteroatoms. The Bertz CT molecular complexity index is 735. The van der Waals surface area contributed by atoms with Gasteiger partial charge < -0.3 is 4.74 Å². The van der Waals surface area contributed by atoms with Gasteiger partial charge in [0.1, 0.15) is 5.01 Å². The third-order valence-corrected chi connectivity index (χ3v) is 3.58. The molecular formula is C13H12N4O2S. The van der Waals surface area contributed by atoms with Crippen LogP contribution in [0.25, 0.3) is 15.5 Å². The highest BCUT2D eigenvalue weighted by Gasteiger charge is 2.19. The molecule has 0 aliphatic heterocycles. The van der Waals surface area contributed by atoms with Gasteiger partial charge in [0.2, 0.25) is 4.96 Å². The highest BCUT2D eigenvalue weighted by Crippen LogP contribution is 2.25. The number of fused-ring (bicyclic) bond motifs is 1. The number of rotatable bonds is 4. The maximum atomic E-state index is 11.8. The molecule has 0 saturated heterocycles. The molecule has 3 rings (SSSR count). The molecule has 0 fully saturated rings. The first-order valence-electron chi connectivity index (χ1n) is 6.24. The Morgan fingerprint density at radius 2 is 2.10 bits per heavy atom. The summed E-state index contributed by atoms with van der Waals surface area (Å²) in [6.07, 6.45) is 0.764. The van der Waals surface area contributed by atoms with Crippen LogP contribution in [0.3, 0.4) is 0 Å². The topological polar surface area (TPSA) is 69.4 Å². The molecule has 20 heavy (non-hydrogen) atoms. The largest absolute Gasteiger partial charge is 0.460 e. The average molecular weight is 288 g/mol. The molecule has 2 aromatic heterocycles. The van der Waals surface area contributed by atoms with Crippen LogP contribution in [0.15, 0.2) is 30.3 Å². The van der Waals surface area contributed by atoms with Crippen LogP contribution in [0.5, 0.6) is 0 Å². The Labute approximate surface area is 119 Å². The van der Waals surface area contributed by atoms with Crippen LogP contribution in [0, 0.1) is 0 Å². The van der Waals surface area contributed by atoms with Crippen LogP contribution in [-0.2, 0) is 4.74 Å². The highest BCUT2D eigenvalue weighted by atomic mass is 32.1. The van der Waals surface area contributed by atoms with E-state index in [9.17, 15) is 4.79 Å². The van der Waals surface area contributed by atoms with E-state index >= 15 is 0 Å². The van der Waals surface area contributed by atoms with Crippen molar-refractivity contribution >= 4 is 22.3 Å². The minimum Gasteiger partial charge on any atom is -0.460 e. The van der Waals surface area contributed by atoms with Crippen LogP contribution in [0.4, 0.5) is 0 Å². The van der Waals surface area contributed by atoms with Gasteiger partial charge in [0, 0.05) is 5.56 Å². The molecule has 0 aliphatic rings. The molecule has 0 bridgehead atoms. The van der Waals surface area contributed by atoms with Crippen LogP contribution in [0.2, 0.25) is 0 Å². The molecule has 0 unspecified atom stereocenters. The van der Waals surface area contributed by atoms with Crippen molar-refractivity contribution in [3.05, 3.63) is 36.2 Å². The summed E-state index contributed by atoms with van der Waals surface area (Å²) in [5.74, 6) is -0.379. The minimum absolute atomic E-state index is 0.117. The Kier molecular flexibility index (Phi) is 3.42. The van der Waals surface area contributed by atoms with Crippen molar-refractivity contribution in [1.82, 2.24) is 19.8 Å². The van der Waals surface area contributed by atoms with Crippen LogP contribution in [0.1, 0.15) is 24.0 Å². The predicted molar refractivity (Wildman–Crippen MR) is 74.7 cm³/mol. The van der Waals surface area contributed by atoms with Gasteiger partial charge in [-0.05, 0) is 6.42 Å². The first kappa shape index (κ1) is 12.7. The van der Waals surface area contributed by atoms with Gasteiger partial charge in [-0.3, -0.25) is 0 Å². The third-order valence-electron chi connectivity index (χ3n) is 2.63. The van der Waals surface area contributed by atoms with Gasteiger partial charge in [0.25, 0.3) is 5.82 Å². The van der Waals surface area contributed by atoms with E-state index in [4.69, 9.17) is 4.74 Å². The Balaban J connectivity index is 1.97. The van der Waals surface area contributed by atoms with Crippen molar-refractivity contribution in [2.45, 2.75) is 13.3 Å². The second kappa shape index (κ2) is 5.38. The number of carbonyl (C=O) groups is 1. The maximum Gasteiger partial charge on any atom is 0.378 e. The predicted octanol–water partition coefficient (Wildman–Crippen LogP) is 2.42. The zero-order valence-electron chi connectivity index (χ0n) is 10.8. The zero-order chi connectivity index (χ0) is 13.9. The lowest BCUT2D eigenvalue weighted by Crippen LogP contribution is -2.11. The third kappa shape index (κ3) is 2.27. The van der Waals surface area contributed by atoms with Gasteiger partial charge in [-0.2, -0.15) is 9.61 Å². The van der Waals surface area contributed by atoms with E-state index in [1.807, 2.05) is 37.3 Å². The molecule has 2 heterocycles. The van der Waals surface area contributed by atoms with Crippen LogP contribution < -0.4 is 0 Å². The van der Waals surface area contributed by atoms with Crippen molar-refractivity contribution in [1.29, 1.82) is 0 Å². The summed E-state index contributed by atoms with van der Waals surface area (Å²) in [5.41, 5.74) is 0.982. The molecule has 6 nitrogen and oxygen atoms in total. The monoisotopic (exact) mass is 288 g/mol. The van der Waals surface area contributed by atoms with Gasteiger partial charge >= 0.3 is 5.97 Å². The second-order valence-electron chi connectivity index (χ2n) is 4.13. The summed E-state index contributed by atoms with van der Waals surface area (Å²) in [7, 11) is 0. The van der Waals surface area contributed by atoms with E-state index < -0.39 is 5.97 Å². The first-order valence-corrected chi connectivity index (χ1v) is 7.06. The lowest BCUT2D eigenvalue weighted by molar-refractivity contribution is 0.0487. The van der Waals surface area contributed by atoms with E-state index in [1.165, 1.54) is 15.9 Å². The van der Waals surface area contributed by atoms with Crippen molar-refractivity contribution in [3.8, 4) is 10.6 Å². The molecular weight excluding hydrogens is 276 g/mol. The summed E-state index contributed by atoms with van der Waals surface area (Å²) in [5, 5.41) is 13.0. The number of esters is 1. The molecule has 1 aromatic carbocycles. The van der Waals surface area contributed by atoms with Gasteiger partial charge in [-0.15, -0.1) is 10.2 Å². The van der Waals surface area contributed by atoms with Gasteiger partial charge in [-0.25, -0.2) is 4.79 Å². The van der Waals surface area contributed by atoms with E-state index in [1.54, 1.807) is 0 Å². The number of nitrogens with zero attached hydrogens (tertiary/aromatic N) is 4. The molecule has 0 saturated carbocycles. The molecule has 102 valence electrons. The fourth-order valence-electron chi connectivity index (χ4n) is 1.70. The summed E-state index contributed by atoms with van der Waals surface area (Å²) in [4.78, 5) is 12.4. The number of aromatic nitrogens is 4.